The van der Waals surface area contributed by atoms with Gasteiger partial charge in [0.05, 0.1) is 7.11 Å². The highest BCUT2D eigenvalue weighted by molar-refractivity contribution is 5.89. The van der Waals surface area contributed by atoms with E-state index in [0.717, 1.165) is 31.4 Å². The van der Waals surface area contributed by atoms with Crippen LogP contribution in [-0.2, 0) is 0 Å². The maximum absolute atomic E-state index is 13.9. The van der Waals surface area contributed by atoms with Crippen LogP contribution < -0.4 is 10.1 Å². The van der Waals surface area contributed by atoms with Crippen molar-refractivity contribution in [2.75, 3.05) is 25.5 Å². The van der Waals surface area contributed by atoms with Crippen LogP contribution >= 0.6 is 0 Å². The summed E-state index contributed by atoms with van der Waals surface area (Å²) in [4.78, 5) is 15.8. The van der Waals surface area contributed by atoms with Crippen molar-refractivity contribution < 1.29 is 9.53 Å². The molecule has 212 valence electrons. The largest absolute Gasteiger partial charge is 0.497 e. The second-order valence-corrected chi connectivity index (χ2v) is 10.4. The van der Waals surface area contributed by atoms with Crippen molar-refractivity contribution in [2.45, 2.75) is 44.9 Å². The van der Waals surface area contributed by atoms with Crippen molar-refractivity contribution in [3.63, 3.8) is 0 Å². The normalized spacial score (nSPS) is 11.3. The monoisotopic (exact) mass is 546 g/mol. The number of anilines is 1. The number of urea groups is 1. The third-order valence-electron chi connectivity index (χ3n) is 7.37. The molecule has 0 aliphatic carbocycles. The number of unbranched alkanes of at least 4 members (excludes halogenated alkanes) is 2. The van der Waals surface area contributed by atoms with E-state index >= 15 is 0 Å². The molecule has 4 aromatic rings. The van der Waals surface area contributed by atoms with Crippen LogP contribution in [0.3, 0.4) is 0 Å². The Labute approximate surface area is 245 Å². The van der Waals surface area contributed by atoms with E-state index in [1.54, 1.807) is 7.11 Å². The molecule has 0 heterocycles. The van der Waals surface area contributed by atoms with E-state index in [4.69, 9.17) is 4.74 Å². The Kier molecular flexibility index (Phi) is 11.6. The minimum absolute atomic E-state index is 0.104. The molecule has 4 rings (SSSR count). The van der Waals surface area contributed by atoms with E-state index in [1.807, 2.05) is 35.2 Å². The highest BCUT2D eigenvalue weighted by Crippen LogP contribution is 2.29. The number of carbonyl (C=O) groups excluding carboxylic acids is 1. The smallest absolute Gasteiger partial charge is 0.322 e. The number of benzene rings is 4. The molecule has 0 unspecified atom stereocenters. The van der Waals surface area contributed by atoms with E-state index < -0.39 is 0 Å². The summed E-state index contributed by atoms with van der Waals surface area (Å²) in [5.41, 5.74) is 5.67. The minimum atomic E-state index is -0.104. The Morgan fingerprint density at radius 3 is 2.07 bits per heavy atom. The molecular formula is C37H42N2O2. The molecule has 0 aliphatic heterocycles. The molecule has 4 heteroatoms. The molecule has 0 atom stereocenters. The van der Waals surface area contributed by atoms with Crippen molar-refractivity contribution in [3.8, 4) is 5.75 Å². The predicted molar refractivity (Wildman–Crippen MR) is 171 cm³/mol. The van der Waals surface area contributed by atoms with Crippen LogP contribution in [-0.4, -0.2) is 31.1 Å². The summed E-state index contributed by atoms with van der Waals surface area (Å²) in [7, 11) is 1.64. The molecule has 4 nitrogen and oxygen atoms in total. The first-order chi connectivity index (χ1) is 20.2. The van der Waals surface area contributed by atoms with Gasteiger partial charge in [0.15, 0.2) is 0 Å². The van der Waals surface area contributed by atoms with Gasteiger partial charge in [-0.05, 0) is 48.1 Å². The van der Waals surface area contributed by atoms with Crippen LogP contribution in [0, 0.1) is 0 Å². The lowest BCUT2D eigenvalue weighted by Gasteiger charge is -2.27. The van der Waals surface area contributed by atoms with E-state index in [0.29, 0.717) is 18.8 Å². The maximum atomic E-state index is 13.9. The number of methoxy groups -OCH3 is 1. The number of ether oxygens (including phenoxy) is 1. The van der Waals surface area contributed by atoms with E-state index in [2.05, 4.69) is 103 Å². The van der Waals surface area contributed by atoms with Crippen molar-refractivity contribution in [3.05, 3.63) is 138 Å². The van der Waals surface area contributed by atoms with Crippen molar-refractivity contribution in [2.24, 2.45) is 0 Å². The number of amides is 2. The highest BCUT2D eigenvalue weighted by Gasteiger charge is 2.20. The van der Waals surface area contributed by atoms with Gasteiger partial charge in [-0.1, -0.05) is 128 Å². The van der Waals surface area contributed by atoms with Crippen LogP contribution in [0.5, 0.6) is 5.75 Å². The molecule has 0 saturated heterocycles. The van der Waals surface area contributed by atoms with Gasteiger partial charge in [-0.2, -0.15) is 0 Å². The van der Waals surface area contributed by atoms with Crippen molar-refractivity contribution >= 4 is 17.8 Å². The fourth-order valence-corrected chi connectivity index (χ4v) is 5.17. The second kappa shape index (κ2) is 16.1. The van der Waals surface area contributed by atoms with Gasteiger partial charge in [0, 0.05) is 30.8 Å². The molecule has 41 heavy (non-hydrogen) atoms. The summed E-state index contributed by atoms with van der Waals surface area (Å²) in [5, 5.41) is 3.14. The molecule has 0 radical (unpaired) electrons. The van der Waals surface area contributed by atoms with Gasteiger partial charge in [-0.15, -0.1) is 0 Å². The third-order valence-corrected chi connectivity index (χ3v) is 7.37. The lowest BCUT2D eigenvalue weighted by atomic mass is 9.88. The lowest BCUT2D eigenvalue weighted by Crippen LogP contribution is -2.38. The summed E-state index contributed by atoms with van der Waals surface area (Å²) >= 11 is 0. The third kappa shape index (κ3) is 9.39. The van der Waals surface area contributed by atoms with Gasteiger partial charge in [0.25, 0.3) is 0 Å². The summed E-state index contributed by atoms with van der Waals surface area (Å²) in [6, 6.07) is 39.0. The summed E-state index contributed by atoms with van der Waals surface area (Å²) in [6.07, 6.45) is 7.48. The van der Waals surface area contributed by atoms with Crippen molar-refractivity contribution in [1.82, 2.24) is 4.90 Å². The first-order valence-corrected chi connectivity index (χ1v) is 14.7. The molecule has 1 N–H and O–H groups in total. The first kappa shape index (κ1) is 29.7. The van der Waals surface area contributed by atoms with Crippen LogP contribution in [0.4, 0.5) is 10.5 Å². The van der Waals surface area contributed by atoms with Gasteiger partial charge in [-0.25, -0.2) is 4.79 Å². The highest BCUT2D eigenvalue weighted by atomic mass is 16.5. The zero-order valence-corrected chi connectivity index (χ0v) is 24.3. The number of nitrogens with zero attached hydrogens (tertiary/aromatic N) is 1. The number of hydrogen-bond donors (Lipinski definition) is 1. The molecule has 0 saturated carbocycles. The average molecular weight is 547 g/mol. The summed E-state index contributed by atoms with van der Waals surface area (Å²) < 4.78 is 5.39. The summed E-state index contributed by atoms with van der Waals surface area (Å²) in [6.45, 7) is 3.41. The Morgan fingerprint density at radius 2 is 1.46 bits per heavy atom. The number of carbonyl (C=O) groups is 1. The number of rotatable bonds is 14. The molecule has 2 amide bonds. The summed E-state index contributed by atoms with van der Waals surface area (Å²) in [5.74, 6) is 0.901. The Morgan fingerprint density at radius 1 is 0.829 bits per heavy atom. The molecule has 4 aromatic carbocycles. The maximum Gasteiger partial charge on any atom is 0.322 e. The quantitative estimate of drug-likeness (QED) is 0.160. The molecule has 0 spiro atoms. The fraction of sp³-hybridized carbons (Fsp3) is 0.270. The van der Waals surface area contributed by atoms with Crippen LogP contribution in [0.2, 0.25) is 0 Å². The second-order valence-electron chi connectivity index (χ2n) is 10.4. The molecular weight excluding hydrogens is 504 g/mol. The van der Waals surface area contributed by atoms with Crippen LogP contribution in [0.1, 0.15) is 61.6 Å². The fourth-order valence-electron chi connectivity index (χ4n) is 5.17. The van der Waals surface area contributed by atoms with Crippen LogP contribution in [0.15, 0.2) is 121 Å². The van der Waals surface area contributed by atoms with E-state index in [9.17, 15) is 4.79 Å². The number of hydrogen-bond acceptors (Lipinski definition) is 2. The van der Waals surface area contributed by atoms with Gasteiger partial charge in [0.2, 0.25) is 0 Å². The topological polar surface area (TPSA) is 41.6 Å². The zero-order valence-electron chi connectivity index (χ0n) is 24.3. The Bertz CT molecular complexity index is 1310. The lowest BCUT2D eigenvalue weighted by molar-refractivity contribution is 0.214. The number of nitrogens with one attached hydrogen (secondary N) is 1. The van der Waals surface area contributed by atoms with Crippen molar-refractivity contribution in [1.29, 1.82) is 0 Å². The average Bonchev–Trinajstić information content (AvgIpc) is 3.02. The zero-order chi connectivity index (χ0) is 28.7. The van der Waals surface area contributed by atoms with E-state index in [-0.39, 0.29) is 11.9 Å². The van der Waals surface area contributed by atoms with Crippen LogP contribution in [0.25, 0.3) is 6.08 Å². The van der Waals surface area contributed by atoms with Gasteiger partial charge in [0.1, 0.15) is 5.75 Å². The molecule has 0 bridgehead atoms. The Hall–Kier alpha value is -4.31. The first-order valence-electron chi connectivity index (χ1n) is 14.7. The predicted octanol–water partition coefficient (Wildman–Crippen LogP) is 9.42. The van der Waals surface area contributed by atoms with Gasteiger partial charge < -0.3 is 15.0 Å². The Balaban J connectivity index is 1.61. The van der Waals surface area contributed by atoms with Gasteiger partial charge in [-0.3, -0.25) is 0 Å². The standard InChI is InChI=1S/C37H42N2O2/c1-3-4-8-18-31(27-30-16-9-5-10-17-30)29-39(37(40)38-34-23-15-24-35(28-34)41-2)26-25-36(32-19-11-6-12-20-32)33-21-13-7-14-22-33/h5-7,9-17,19-24,27-28,36H,3-4,8,18,25-26,29H2,1-2H3,(H,38,40). The van der Waals surface area contributed by atoms with Gasteiger partial charge >= 0.3 is 6.03 Å². The molecule has 0 fully saturated rings. The SMILES string of the molecule is CCCCCC(=Cc1ccccc1)CN(CCC(c1ccccc1)c1ccccc1)C(=O)Nc1cccc(OC)c1. The minimum Gasteiger partial charge on any atom is -0.497 e. The molecule has 0 aliphatic rings. The van der Waals surface area contributed by atoms with E-state index in [1.165, 1.54) is 28.7 Å². The molecule has 0 aromatic heterocycles.